The lowest BCUT2D eigenvalue weighted by atomic mass is 9.80. The molecule has 0 spiro atoms. The van der Waals surface area contributed by atoms with Crippen molar-refractivity contribution >= 4 is 56.6 Å². The van der Waals surface area contributed by atoms with Gasteiger partial charge in [0.1, 0.15) is 12.4 Å². The third-order valence-corrected chi connectivity index (χ3v) is 7.55. The largest absolute Gasteiger partial charge is 0.488 e. The van der Waals surface area contributed by atoms with Crippen molar-refractivity contribution in [2.75, 3.05) is 7.11 Å². The summed E-state index contributed by atoms with van der Waals surface area (Å²) >= 11 is 15.8. The van der Waals surface area contributed by atoms with Crippen molar-refractivity contribution in [1.82, 2.24) is 5.32 Å². The fourth-order valence-corrected chi connectivity index (χ4v) is 5.62. The van der Waals surface area contributed by atoms with Crippen LogP contribution in [0, 0.1) is 0 Å². The van der Waals surface area contributed by atoms with Gasteiger partial charge in [-0.2, -0.15) is 0 Å². The fraction of sp³-hybridized carbons (Fsp3) is 0.143. The quantitative estimate of drug-likeness (QED) is 0.325. The zero-order chi connectivity index (χ0) is 25.6. The fourth-order valence-electron chi connectivity index (χ4n) is 4.65. The Morgan fingerprint density at radius 3 is 2.50 bits per heavy atom. The summed E-state index contributed by atoms with van der Waals surface area (Å²) in [5, 5.41) is 4.36. The second-order valence-corrected chi connectivity index (χ2v) is 10.2. The standard InChI is InChI=1S/C28H20BrCl2NO4/c1-14-23(28(34)35-2)24(25-26(32-14)18-5-3-4-6-19(18)27(25)33)15-8-10-22(20(29)11-15)36-13-16-7-9-17(30)12-21(16)31/h3-12,24,32H,13H2,1-2H3/t24-/m1/s1. The van der Waals surface area contributed by atoms with Crippen LogP contribution in [0.4, 0.5) is 0 Å². The number of rotatable bonds is 5. The van der Waals surface area contributed by atoms with Crippen LogP contribution in [-0.2, 0) is 16.1 Å². The van der Waals surface area contributed by atoms with E-state index in [0.717, 1.165) is 22.4 Å². The first-order valence-electron chi connectivity index (χ1n) is 11.1. The molecular weight excluding hydrogens is 565 g/mol. The summed E-state index contributed by atoms with van der Waals surface area (Å²) < 4.78 is 11.8. The third kappa shape index (κ3) is 4.23. The monoisotopic (exact) mass is 583 g/mol. The third-order valence-electron chi connectivity index (χ3n) is 6.34. The topological polar surface area (TPSA) is 64.6 Å². The van der Waals surface area contributed by atoms with Crippen molar-refractivity contribution in [1.29, 1.82) is 0 Å². The zero-order valence-electron chi connectivity index (χ0n) is 19.3. The van der Waals surface area contributed by atoms with E-state index in [1.54, 1.807) is 18.2 Å². The van der Waals surface area contributed by atoms with Crippen LogP contribution in [0.1, 0.15) is 39.9 Å². The number of ether oxygens (including phenoxy) is 2. The first-order chi connectivity index (χ1) is 17.3. The Hall–Kier alpha value is -3.06. The maximum Gasteiger partial charge on any atom is 0.336 e. The van der Waals surface area contributed by atoms with Gasteiger partial charge in [0, 0.05) is 43.9 Å². The maximum absolute atomic E-state index is 13.5. The highest BCUT2D eigenvalue weighted by atomic mass is 79.9. The van der Waals surface area contributed by atoms with Gasteiger partial charge in [-0.3, -0.25) is 4.79 Å². The van der Waals surface area contributed by atoms with Crippen LogP contribution in [-0.4, -0.2) is 18.9 Å². The number of dihydropyridines is 1. The number of hydrogen-bond acceptors (Lipinski definition) is 5. The molecule has 0 unspecified atom stereocenters. The van der Waals surface area contributed by atoms with Crippen LogP contribution in [0.15, 0.2) is 82.0 Å². The summed E-state index contributed by atoms with van der Waals surface area (Å²) in [6, 6.07) is 18.2. The van der Waals surface area contributed by atoms with Crippen LogP contribution in [0.3, 0.4) is 0 Å². The second-order valence-electron chi connectivity index (χ2n) is 8.47. The Morgan fingerprint density at radius 2 is 1.81 bits per heavy atom. The predicted molar refractivity (Wildman–Crippen MR) is 143 cm³/mol. The minimum Gasteiger partial charge on any atom is -0.488 e. The molecule has 8 heteroatoms. The van der Waals surface area contributed by atoms with Gasteiger partial charge in [-0.15, -0.1) is 0 Å². The molecule has 36 heavy (non-hydrogen) atoms. The lowest BCUT2D eigenvalue weighted by molar-refractivity contribution is -0.136. The van der Waals surface area contributed by atoms with Crippen molar-refractivity contribution < 1.29 is 19.1 Å². The normalized spacial score (nSPS) is 16.5. The molecule has 5 rings (SSSR count). The SMILES string of the molecule is COC(=O)C1=C(C)NC2=C(C(=O)c3ccccc32)[C@@H]1c1ccc(OCc2ccc(Cl)cc2Cl)c(Br)c1. The number of halogens is 3. The number of methoxy groups -OCH3 is 1. The van der Waals surface area contributed by atoms with Crippen molar-refractivity contribution in [2.24, 2.45) is 0 Å². The van der Waals surface area contributed by atoms with Crippen LogP contribution in [0.2, 0.25) is 10.0 Å². The number of carbonyl (C=O) groups excluding carboxylic acids is 2. The Kier molecular flexibility index (Phi) is 6.68. The maximum atomic E-state index is 13.5. The van der Waals surface area contributed by atoms with Gasteiger partial charge in [-0.25, -0.2) is 4.79 Å². The summed E-state index contributed by atoms with van der Waals surface area (Å²) in [4.78, 5) is 26.4. The molecule has 1 aliphatic heterocycles. The van der Waals surface area contributed by atoms with E-state index in [1.165, 1.54) is 7.11 Å². The van der Waals surface area contributed by atoms with Gasteiger partial charge in [-0.1, -0.05) is 59.6 Å². The van der Waals surface area contributed by atoms with E-state index >= 15 is 0 Å². The molecule has 0 radical (unpaired) electrons. The Bertz CT molecular complexity index is 1490. The highest BCUT2D eigenvalue weighted by molar-refractivity contribution is 9.10. The number of hydrogen-bond donors (Lipinski definition) is 1. The van der Waals surface area contributed by atoms with Gasteiger partial charge in [0.2, 0.25) is 0 Å². The molecule has 0 aromatic heterocycles. The van der Waals surface area contributed by atoms with E-state index in [-0.39, 0.29) is 12.4 Å². The van der Waals surface area contributed by atoms with E-state index < -0.39 is 11.9 Å². The molecule has 1 heterocycles. The van der Waals surface area contributed by atoms with E-state index in [0.29, 0.717) is 42.7 Å². The molecule has 0 fully saturated rings. The van der Waals surface area contributed by atoms with E-state index in [2.05, 4.69) is 21.2 Å². The Labute approximate surface area is 226 Å². The smallest absolute Gasteiger partial charge is 0.336 e. The average molecular weight is 585 g/mol. The molecule has 3 aromatic carbocycles. The highest BCUT2D eigenvalue weighted by Gasteiger charge is 2.42. The number of allylic oxidation sites excluding steroid dienone is 2. The molecule has 2 aliphatic rings. The number of esters is 1. The number of ketones is 1. The first-order valence-corrected chi connectivity index (χ1v) is 12.7. The molecule has 1 N–H and O–H groups in total. The lowest BCUT2D eigenvalue weighted by Gasteiger charge is -2.29. The lowest BCUT2D eigenvalue weighted by Crippen LogP contribution is -2.29. The number of Topliss-reactive ketones (excluding diaryl/α,β-unsaturated/α-hetero) is 1. The minimum absolute atomic E-state index is 0.110. The van der Waals surface area contributed by atoms with Gasteiger partial charge in [0.15, 0.2) is 5.78 Å². The van der Waals surface area contributed by atoms with Crippen molar-refractivity contribution in [3.63, 3.8) is 0 Å². The summed E-state index contributed by atoms with van der Waals surface area (Å²) in [6.07, 6.45) is 0. The molecule has 1 aliphatic carbocycles. The molecule has 0 saturated heterocycles. The van der Waals surface area contributed by atoms with Crippen LogP contribution < -0.4 is 10.1 Å². The number of fused-ring (bicyclic) bond motifs is 2. The number of nitrogens with one attached hydrogen (secondary N) is 1. The Balaban J connectivity index is 1.53. The molecule has 3 aromatic rings. The second kappa shape index (κ2) is 9.77. The molecule has 1 atom stereocenters. The van der Waals surface area contributed by atoms with Crippen LogP contribution >= 0.6 is 39.1 Å². The number of benzene rings is 3. The number of carbonyl (C=O) groups is 2. The van der Waals surface area contributed by atoms with E-state index in [4.69, 9.17) is 32.7 Å². The molecular formula is C28H20BrCl2NO4. The highest BCUT2D eigenvalue weighted by Crippen LogP contribution is 2.47. The molecule has 0 saturated carbocycles. The van der Waals surface area contributed by atoms with E-state index in [1.807, 2.05) is 49.4 Å². The molecule has 0 bridgehead atoms. The summed E-state index contributed by atoms with van der Waals surface area (Å²) in [5.74, 6) is -0.617. The predicted octanol–water partition coefficient (Wildman–Crippen LogP) is 7.08. The van der Waals surface area contributed by atoms with Gasteiger partial charge >= 0.3 is 5.97 Å². The Morgan fingerprint density at radius 1 is 1.06 bits per heavy atom. The summed E-state index contributed by atoms with van der Waals surface area (Å²) in [7, 11) is 1.34. The molecule has 5 nitrogen and oxygen atoms in total. The van der Waals surface area contributed by atoms with Crippen molar-refractivity contribution in [3.8, 4) is 5.75 Å². The van der Waals surface area contributed by atoms with Crippen molar-refractivity contribution in [2.45, 2.75) is 19.4 Å². The van der Waals surface area contributed by atoms with Gasteiger partial charge < -0.3 is 14.8 Å². The van der Waals surface area contributed by atoms with Crippen LogP contribution in [0.5, 0.6) is 5.75 Å². The summed E-state index contributed by atoms with van der Waals surface area (Å²) in [6.45, 7) is 2.06. The molecule has 0 amide bonds. The average Bonchev–Trinajstić information content (AvgIpc) is 3.14. The van der Waals surface area contributed by atoms with Gasteiger partial charge in [0.25, 0.3) is 0 Å². The molecule has 182 valence electrons. The van der Waals surface area contributed by atoms with Crippen LogP contribution in [0.25, 0.3) is 5.70 Å². The van der Waals surface area contributed by atoms with Gasteiger partial charge in [-0.05, 0) is 52.7 Å². The van der Waals surface area contributed by atoms with Crippen molar-refractivity contribution in [3.05, 3.63) is 114 Å². The zero-order valence-corrected chi connectivity index (χ0v) is 22.4. The first kappa shape index (κ1) is 24.6. The van der Waals surface area contributed by atoms with E-state index in [9.17, 15) is 9.59 Å². The summed E-state index contributed by atoms with van der Waals surface area (Å²) in [5.41, 5.74) is 5.27. The minimum atomic E-state index is -0.607. The van der Waals surface area contributed by atoms with Gasteiger partial charge in [0.05, 0.1) is 22.9 Å².